The zero-order chi connectivity index (χ0) is 25.6. The van der Waals surface area contributed by atoms with Gasteiger partial charge in [-0.15, -0.1) is 0 Å². The van der Waals surface area contributed by atoms with Crippen molar-refractivity contribution in [1.29, 1.82) is 0 Å². The Labute approximate surface area is 215 Å². The summed E-state index contributed by atoms with van der Waals surface area (Å²) in [4.78, 5) is 18.6. The van der Waals surface area contributed by atoms with Crippen LogP contribution in [0.15, 0.2) is 36.4 Å². The van der Waals surface area contributed by atoms with Crippen molar-refractivity contribution in [2.45, 2.75) is 50.8 Å². The number of hydrogen-bond acceptors (Lipinski definition) is 5. The first kappa shape index (κ1) is 25.9. The van der Waals surface area contributed by atoms with Gasteiger partial charge in [0.05, 0.1) is 15.9 Å². The Balaban J connectivity index is 1.64. The monoisotopic (exact) mass is 545 g/mol. The number of nitrogens with zero attached hydrogens (tertiary/aromatic N) is 2. The number of nitrogens with one attached hydrogen (secondary N) is 1. The van der Waals surface area contributed by atoms with Gasteiger partial charge in [0.25, 0.3) is 0 Å². The first-order valence-electron chi connectivity index (χ1n) is 11.0. The SMILES string of the molecule is CCC(C)(C)OC(=O)Nc1cccc2nc(N3CCC(c4cc(Cl)cc(Cl)c4)(C(F)(F)F)C3)sc12. The number of ether oxygens (including phenoxy) is 1. The summed E-state index contributed by atoms with van der Waals surface area (Å²) >= 11 is 13.3. The predicted octanol–water partition coefficient (Wildman–Crippen LogP) is 8.05. The van der Waals surface area contributed by atoms with Crippen LogP contribution in [0.5, 0.6) is 0 Å². The van der Waals surface area contributed by atoms with Gasteiger partial charge >= 0.3 is 12.3 Å². The quantitative estimate of drug-likeness (QED) is 0.352. The van der Waals surface area contributed by atoms with Crippen LogP contribution >= 0.6 is 34.5 Å². The predicted molar refractivity (Wildman–Crippen MR) is 135 cm³/mol. The molecule has 1 aromatic heterocycles. The van der Waals surface area contributed by atoms with Crippen molar-refractivity contribution >= 4 is 61.7 Å². The molecule has 1 fully saturated rings. The molecule has 0 spiro atoms. The van der Waals surface area contributed by atoms with E-state index in [-0.39, 0.29) is 35.1 Å². The second-order valence-corrected chi connectivity index (χ2v) is 11.0. The molecule has 4 rings (SSSR count). The molecule has 1 atom stereocenters. The summed E-state index contributed by atoms with van der Waals surface area (Å²) in [7, 11) is 0. The van der Waals surface area contributed by atoms with Crippen molar-refractivity contribution in [1.82, 2.24) is 4.98 Å². The molecule has 1 aliphatic rings. The third-order valence-corrected chi connectivity index (χ3v) is 7.96. The third kappa shape index (κ3) is 5.17. The lowest BCUT2D eigenvalue weighted by Gasteiger charge is -2.32. The molecule has 1 saturated heterocycles. The Bertz CT molecular complexity index is 1240. The number of hydrogen-bond donors (Lipinski definition) is 1. The smallest absolute Gasteiger partial charge is 0.412 e. The first-order valence-corrected chi connectivity index (χ1v) is 12.6. The highest BCUT2D eigenvalue weighted by Crippen LogP contribution is 2.50. The average molecular weight is 546 g/mol. The van der Waals surface area contributed by atoms with E-state index in [4.69, 9.17) is 27.9 Å². The second-order valence-electron chi connectivity index (χ2n) is 9.19. The summed E-state index contributed by atoms with van der Waals surface area (Å²) in [5, 5.41) is 3.49. The summed E-state index contributed by atoms with van der Waals surface area (Å²) in [6.07, 6.45) is -4.64. The number of fused-ring (bicyclic) bond motifs is 1. The van der Waals surface area contributed by atoms with E-state index >= 15 is 0 Å². The minimum atomic E-state index is -4.52. The van der Waals surface area contributed by atoms with E-state index in [1.54, 1.807) is 23.1 Å². The van der Waals surface area contributed by atoms with Gasteiger partial charge in [0.15, 0.2) is 5.13 Å². The second kappa shape index (κ2) is 9.33. The molecule has 0 saturated carbocycles. The van der Waals surface area contributed by atoms with Gasteiger partial charge in [-0.25, -0.2) is 9.78 Å². The van der Waals surface area contributed by atoms with Gasteiger partial charge in [-0.3, -0.25) is 5.32 Å². The molecule has 1 unspecified atom stereocenters. The lowest BCUT2D eigenvalue weighted by atomic mass is 9.79. The fraction of sp³-hybridized carbons (Fsp3) is 0.417. The summed E-state index contributed by atoms with van der Waals surface area (Å²) in [5.41, 5.74) is -1.65. The molecule has 0 aliphatic carbocycles. The van der Waals surface area contributed by atoms with E-state index in [9.17, 15) is 18.0 Å². The summed E-state index contributed by atoms with van der Waals surface area (Å²) < 4.78 is 49.4. The minimum Gasteiger partial charge on any atom is -0.443 e. The van der Waals surface area contributed by atoms with Crippen LogP contribution < -0.4 is 10.2 Å². The number of alkyl halides is 3. The van der Waals surface area contributed by atoms with Crippen LogP contribution in [0.3, 0.4) is 0 Å². The Morgan fingerprint density at radius 1 is 1.23 bits per heavy atom. The molecule has 1 aliphatic heterocycles. The Morgan fingerprint density at radius 2 is 1.91 bits per heavy atom. The lowest BCUT2D eigenvalue weighted by Crippen LogP contribution is -2.44. The van der Waals surface area contributed by atoms with Gasteiger partial charge in [0, 0.05) is 23.1 Å². The van der Waals surface area contributed by atoms with Crippen molar-refractivity contribution in [3.63, 3.8) is 0 Å². The number of aromatic nitrogens is 1. The normalized spacial score (nSPS) is 18.8. The zero-order valence-corrected chi connectivity index (χ0v) is 21.6. The van der Waals surface area contributed by atoms with E-state index < -0.39 is 23.3 Å². The summed E-state index contributed by atoms with van der Waals surface area (Å²) in [5.74, 6) is 0. The van der Waals surface area contributed by atoms with Crippen LogP contribution in [0.1, 0.15) is 39.2 Å². The average Bonchev–Trinajstić information content (AvgIpc) is 3.38. The van der Waals surface area contributed by atoms with Crippen LogP contribution in [0.25, 0.3) is 10.2 Å². The molecule has 2 heterocycles. The first-order chi connectivity index (χ1) is 16.3. The zero-order valence-electron chi connectivity index (χ0n) is 19.3. The molecular weight excluding hydrogens is 522 g/mol. The Kier molecular flexibility index (Phi) is 6.89. The van der Waals surface area contributed by atoms with Crippen molar-refractivity contribution in [2.75, 3.05) is 23.3 Å². The van der Waals surface area contributed by atoms with Gasteiger partial charge in [-0.1, -0.05) is 47.5 Å². The number of benzene rings is 2. The molecule has 3 aromatic rings. The van der Waals surface area contributed by atoms with Crippen LogP contribution in [0.2, 0.25) is 10.0 Å². The Hall–Kier alpha value is -2.23. The van der Waals surface area contributed by atoms with E-state index in [0.29, 0.717) is 27.5 Å². The van der Waals surface area contributed by atoms with Gasteiger partial charge in [0.2, 0.25) is 0 Å². The lowest BCUT2D eigenvalue weighted by molar-refractivity contribution is -0.184. The van der Waals surface area contributed by atoms with Gasteiger partial charge in [0.1, 0.15) is 11.0 Å². The van der Waals surface area contributed by atoms with E-state index in [2.05, 4.69) is 10.3 Å². The molecule has 1 amide bonds. The number of rotatable bonds is 5. The van der Waals surface area contributed by atoms with Crippen LogP contribution in [0, 0.1) is 0 Å². The van der Waals surface area contributed by atoms with Crippen molar-refractivity contribution in [3.05, 3.63) is 52.0 Å². The van der Waals surface area contributed by atoms with E-state index in [1.807, 2.05) is 20.8 Å². The highest BCUT2D eigenvalue weighted by molar-refractivity contribution is 7.22. The number of carbonyl (C=O) groups excluding carboxylic acids is 1. The maximum absolute atomic E-state index is 14.4. The molecule has 188 valence electrons. The van der Waals surface area contributed by atoms with E-state index in [0.717, 1.165) is 0 Å². The molecule has 35 heavy (non-hydrogen) atoms. The Morgan fingerprint density at radius 3 is 2.54 bits per heavy atom. The van der Waals surface area contributed by atoms with E-state index in [1.165, 1.54) is 29.5 Å². The topological polar surface area (TPSA) is 54.5 Å². The van der Waals surface area contributed by atoms with Crippen LogP contribution in [0.4, 0.5) is 28.8 Å². The van der Waals surface area contributed by atoms with Gasteiger partial charge in [-0.2, -0.15) is 13.2 Å². The molecule has 5 nitrogen and oxygen atoms in total. The highest BCUT2D eigenvalue weighted by Gasteiger charge is 2.59. The van der Waals surface area contributed by atoms with Crippen molar-refractivity contribution in [2.24, 2.45) is 0 Å². The molecule has 2 aromatic carbocycles. The van der Waals surface area contributed by atoms with Gasteiger partial charge < -0.3 is 9.64 Å². The molecule has 11 heteroatoms. The fourth-order valence-electron chi connectivity index (χ4n) is 4.06. The minimum absolute atomic E-state index is 0.0368. The number of thiazole rings is 1. The maximum Gasteiger partial charge on any atom is 0.412 e. The number of anilines is 2. The fourth-order valence-corrected chi connectivity index (χ4v) is 5.65. The largest absolute Gasteiger partial charge is 0.443 e. The number of halogens is 5. The van der Waals surface area contributed by atoms with Crippen LogP contribution in [-0.2, 0) is 10.2 Å². The molecular formula is C24H24Cl2F3N3O2S. The van der Waals surface area contributed by atoms with Crippen molar-refractivity contribution in [3.8, 4) is 0 Å². The number of carbonyl (C=O) groups is 1. The third-order valence-electron chi connectivity index (χ3n) is 6.36. The van der Waals surface area contributed by atoms with Crippen LogP contribution in [-0.4, -0.2) is 35.9 Å². The molecule has 1 N–H and O–H groups in total. The summed E-state index contributed by atoms with van der Waals surface area (Å²) in [6, 6.07) is 9.26. The van der Waals surface area contributed by atoms with Crippen molar-refractivity contribution < 1.29 is 22.7 Å². The standard InChI is InChI=1S/C24H24Cl2F3N3O2S/c1-4-22(2,3)34-21(33)31-18-7-5-6-17-19(18)35-20(30-17)32-9-8-23(13-32,24(27,28)29)14-10-15(25)12-16(26)11-14/h5-7,10-12H,4,8-9,13H2,1-3H3,(H,31,33). The summed E-state index contributed by atoms with van der Waals surface area (Å²) in [6.45, 7) is 5.37. The molecule has 0 bridgehead atoms. The number of amides is 1. The highest BCUT2D eigenvalue weighted by atomic mass is 35.5. The molecule has 0 radical (unpaired) electrons. The van der Waals surface area contributed by atoms with Gasteiger partial charge in [-0.05, 0) is 62.6 Å². The maximum atomic E-state index is 14.4.